The molecule has 2 aromatic carbocycles. The average molecular weight is 395 g/mol. The normalized spacial score (nSPS) is 11.8. The molecule has 0 saturated carbocycles. The van der Waals surface area contributed by atoms with Crippen molar-refractivity contribution in [3.05, 3.63) is 80.5 Å². The Balaban J connectivity index is 1.93. The molecule has 1 heterocycles. The van der Waals surface area contributed by atoms with E-state index < -0.39 is 22.8 Å². The summed E-state index contributed by atoms with van der Waals surface area (Å²) < 4.78 is 5.38. The van der Waals surface area contributed by atoms with E-state index >= 15 is 0 Å². The van der Waals surface area contributed by atoms with Crippen LogP contribution in [0.5, 0.6) is 5.75 Å². The van der Waals surface area contributed by atoms with Crippen molar-refractivity contribution in [2.45, 2.75) is 13.0 Å². The smallest absolute Gasteiger partial charge is 0.257 e. The summed E-state index contributed by atoms with van der Waals surface area (Å²) in [5.41, 5.74) is -0.469. The first kappa shape index (κ1) is 19.9. The van der Waals surface area contributed by atoms with Crippen LogP contribution in [0.1, 0.15) is 29.1 Å². The predicted octanol–water partition coefficient (Wildman–Crippen LogP) is 2.76. The van der Waals surface area contributed by atoms with Gasteiger partial charge in [0, 0.05) is 14.1 Å². The minimum absolute atomic E-state index is 0.00226. The van der Waals surface area contributed by atoms with Crippen molar-refractivity contribution in [1.29, 1.82) is 0 Å². The lowest BCUT2D eigenvalue weighted by Gasteiger charge is -2.22. The molecule has 0 aliphatic carbocycles. The number of furan rings is 1. The Hall–Kier alpha value is -3.81. The maximum Gasteiger partial charge on any atom is 0.257 e. The van der Waals surface area contributed by atoms with Crippen molar-refractivity contribution in [3.63, 3.8) is 0 Å². The Morgan fingerprint density at radius 2 is 1.83 bits per heavy atom. The largest absolute Gasteiger partial charge is 0.505 e. The summed E-state index contributed by atoms with van der Waals surface area (Å²) in [4.78, 5) is 37.8. The van der Waals surface area contributed by atoms with Gasteiger partial charge in [-0.3, -0.25) is 14.4 Å². The summed E-state index contributed by atoms with van der Waals surface area (Å²) in [5.74, 6) is -0.166. The third-order valence-electron chi connectivity index (χ3n) is 4.45. The van der Waals surface area contributed by atoms with Gasteiger partial charge >= 0.3 is 0 Å². The standard InChI is InChI=1S/C21H21N3O5/c1-11(2)15(14-9-6-10-29-14)23-17-16(19(26)20(17)27)22-13-8-5-7-12(18(13)25)21(28)24(3)4/h5-10,15,22-23,25H,1H2,2-4H3/t15-/m1/s1. The number of hydrogen-bond donors (Lipinski definition) is 3. The van der Waals surface area contributed by atoms with E-state index in [0.29, 0.717) is 11.3 Å². The van der Waals surface area contributed by atoms with Crippen molar-refractivity contribution < 1.29 is 14.3 Å². The molecule has 1 aromatic heterocycles. The van der Waals surface area contributed by atoms with Crippen molar-refractivity contribution in [2.24, 2.45) is 0 Å². The molecule has 0 radical (unpaired) electrons. The topological polar surface area (TPSA) is 112 Å². The van der Waals surface area contributed by atoms with Gasteiger partial charge in [-0.05, 0) is 31.2 Å². The van der Waals surface area contributed by atoms with Gasteiger partial charge in [0.2, 0.25) is 0 Å². The number of carbonyl (C=O) groups excluding carboxylic acids is 1. The first-order valence-corrected chi connectivity index (χ1v) is 8.81. The van der Waals surface area contributed by atoms with Gasteiger partial charge in [0.25, 0.3) is 16.8 Å². The molecule has 3 aromatic rings. The zero-order valence-corrected chi connectivity index (χ0v) is 16.3. The molecule has 3 rings (SSSR count). The summed E-state index contributed by atoms with van der Waals surface area (Å²) in [6.45, 7) is 5.66. The van der Waals surface area contributed by atoms with E-state index in [2.05, 4.69) is 17.2 Å². The predicted molar refractivity (Wildman–Crippen MR) is 111 cm³/mol. The molecule has 3 N–H and O–H groups in total. The van der Waals surface area contributed by atoms with E-state index in [1.165, 1.54) is 23.3 Å². The van der Waals surface area contributed by atoms with Gasteiger partial charge in [0.15, 0.2) is 5.75 Å². The fourth-order valence-corrected chi connectivity index (χ4v) is 2.88. The molecule has 8 nitrogen and oxygen atoms in total. The van der Waals surface area contributed by atoms with Crippen LogP contribution in [-0.4, -0.2) is 30.0 Å². The number of amides is 1. The lowest BCUT2D eigenvalue weighted by atomic mass is 10.1. The van der Waals surface area contributed by atoms with Crippen LogP contribution < -0.4 is 21.5 Å². The quantitative estimate of drug-likeness (QED) is 0.320. The molecule has 29 heavy (non-hydrogen) atoms. The van der Waals surface area contributed by atoms with E-state index in [-0.39, 0.29) is 28.4 Å². The Morgan fingerprint density at radius 3 is 2.41 bits per heavy atom. The SMILES string of the molecule is C=C(C)[C@@H](Nc1c(Nc2cccc(C(=O)N(C)C)c2O)c(=O)c1=O)c1ccco1. The summed E-state index contributed by atoms with van der Waals surface area (Å²) >= 11 is 0. The van der Waals surface area contributed by atoms with Crippen molar-refractivity contribution in [1.82, 2.24) is 4.90 Å². The summed E-state index contributed by atoms with van der Waals surface area (Å²) in [7, 11) is 3.12. The molecular formula is C21H21N3O5. The second-order valence-corrected chi connectivity index (χ2v) is 6.87. The number of carbonyl (C=O) groups is 1. The molecule has 8 heteroatoms. The fourth-order valence-electron chi connectivity index (χ4n) is 2.88. The van der Waals surface area contributed by atoms with E-state index in [4.69, 9.17) is 4.42 Å². The van der Waals surface area contributed by atoms with Gasteiger partial charge in [-0.1, -0.05) is 18.2 Å². The summed E-state index contributed by atoms with van der Waals surface area (Å²) in [6.07, 6.45) is 1.50. The van der Waals surface area contributed by atoms with Gasteiger partial charge in [-0.15, -0.1) is 0 Å². The Morgan fingerprint density at radius 1 is 1.14 bits per heavy atom. The second kappa shape index (κ2) is 7.67. The molecule has 0 unspecified atom stereocenters. The van der Waals surface area contributed by atoms with E-state index in [9.17, 15) is 19.5 Å². The fraction of sp³-hybridized carbons (Fsp3) is 0.190. The number of para-hydroxylation sites is 1. The van der Waals surface area contributed by atoms with E-state index in [1.54, 1.807) is 39.2 Å². The van der Waals surface area contributed by atoms with Crippen molar-refractivity contribution in [2.75, 3.05) is 24.7 Å². The first-order valence-electron chi connectivity index (χ1n) is 8.81. The van der Waals surface area contributed by atoms with Crippen LogP contribution in [0.2, 0.25) is 0 Å². The lowest BCUT2D eigenvalue weighted by Crippen LogP contribution is -2.37. The summed E-state index contributed by atoms with van der Waals surface area (Å²) in [5, 5.41) is 16.2. The number of phenolic OH excluding ortho intramolecular Hbond substituents is 1. The number of aromatic hydroxyl groups is 1. The molecule has 0 saturated heterocycles. The first-order chi connectivity index (χ1) is 13.7. The van der Waals surface area contributed by atoms with Gasteiger partial charge in [-0.25, -0.2) is 0 Å². The molecule has 0 bridgehead atoms. The number of hydrogen-bond acceptors (Lipinski definition) is 7. The van der Waals surface area contributed by atoms with Crippen molar-refractivity contribution in [3.8, 4) is 5.75 Å². The average Bonchev–Trinajstić information content (AvgIpc) is 3.21. The lowest BCUT2D eigenvalue weighted by molar-refractivity contribution is 0.0824. The van der Waals surface area contributed by atoms with Gasteiger partial charge in [0.05, 0.1) is 17.5 Å². The van der Waals surface area contributed by atoms with Crippen LogP contribution >= 0.6 is 0 Å². The molecule has 1 atom stereocenters. The van der Waals surface area contributed by atoms with Crippen LogP contribution in [0.25, 0.3) is 0 Å². The van der Waals surface area contributed by atoms with Crippen LogP contribution in [0.15, 0.2) is 62.8 Å². The van der Waals surface area contributed by atoms with Gasteiger partial charge < -0.3 is 25.1 Å². The minimum atomic E-state index is -0.726. The number of nitrogens with zero attached hydrogens (tertiary/aromatic N) is 1. The van der Waals surface area contributed by atoms with Crippen LogP contribution in [0.4, 0.5) is 17.1 Å². The second-order valence-electron chi connectivity index (χ2n) is 6.87. The monoisotopic (exact) mass is 395 g/mol. The highest BCUT2D eigenvalue weighted by atomic mass is 16.3. The Kier molecular flexibility index (Phi) is 5.27. The zero-order valence-electron chi connectivity index (χ0n) is 16.3. The van der Waals surface area contributed by atoms with E-state index in [1.807, 2.05) is 0 Å². The highest BCUT2D eigenvalue weighted by Crippen LogP contribution is 2.33. The molecule has 0 aliphatic heterocycles. The van der Waals surface area contributed by atoms with E-state index in [0.717, 1.165) is 0 Å². The molecule has 0 fully saturated rings. The minimum Gasteiger partial charge on any atom is -0.505 e. The van der Waals surface area contributed by atoms with Crippen LogP contribution in [0, 0.1) is 0 Å². The van der Waals surface area contributed by atoms with Crippen molar-refractivity contribution >= 4 is 23.0 Å². The van der Waals surface area contributed by atoms with Crippen LogP contribution in [-0.2, 0) is 0 Å². The summed E-state index contributed by atoms with van der Waals surface area (Å²) in [6, 6.07) is 7.47. The zero-order chi connectivity index (χ0) is 21.3. The Labute approximate surface area is 166 Å². The van der Waals surface area contributed by atoms with Gasteiger partial charge in [0.1, 0.15) is 23.2 Å². The highest BCUT2D eigenvalue weighted by Gasteiger charge is 2.27. The maximum atomic E-state index is 12.2. The molecule has 0 spiro atoms. The molecule has 0 aliphatic rings. The Bertz CT molecular complexity index is 1140. The van der Waals surface area contributed by atoms with Gasteiger partial charge in [-0.2, -0.15) is 0 Å². The third-order valence-corrected chi connectivity index (χ3v) is 4.45. The van der Waals surface area contributed by atoms with Crippen LogP contribution in [0.3, 0.4) is 0 Å². The number of benzene rings is 1. The highest BCUT2D eigenvalue weighted by molar-refractivity contribution is 5.99. The maximum absolute atomic E-state index is 12.2. The molecular weight excluding hydrogens is 374 g/mol. The number of anilines is 3. The number of rotatable bonds is 7. The number of nitrogens with one attached hydrogen (secondary N) is 2. The third kappa shape index (κ3) is 3.64. The number of phenols is 1. The molecule has 1 amide bonds. The molecule has 150 valence electrons.